The maximum absolute atomic E-state index is 11.4. The number of rotatable bonds is 3. The van der Waals surface area contributed by atoms with Crippen molar-refractivity contribution < 1.29 is 19.8 Å². The number of phenolic OH excluding ortho intramolecular Hbond substituents is 1. The molecule has 0 aliphatic rings. The molecule has 0 bridgehead atoms. The van der Waals surface area contributed by atoms with Gasteiger partial charge in [0.2, 0.25) is 0 Å². The zero-order valence-electron chi connectivity index (χ0n) is 9.47. The Labute approximate surface area is 93.8 Å². The van der Waals surface area contributed by atoms with E-state index >= 15 is 0 Å². The van der Waals surface area contributed by atoms with Gasteiger partial charge in [0.1, 0.15) is 5.75 Å². The molecule has 1 aromatic rings. The van der Waals surface area contributed by atoms with Crippen LogP contribution in [0.25, 0.3) is 0 Å². The van der Waals surface area contributed by atoms with E-state index < -0.39 is 11.5 Å². The van der Waals surface area contributed by atoms with Crippen LogP contribution in [-0.4, -0.2) is 28.9 Å². The van der Waals surface area contributed by atoms with Crippen LogP contribution in [0.3, 0.4) is 0 Å². The second-order valence-corrected chi connectivity index (χ2v) is 3.88. The Kier molecular flexibility index (Phi) is 3.39. The Morgan fingerprint density at radius 1 is 1.31 bits per heavy atom. The molecule has 0 unspecified atom stereocenters. The first-order chi connectivity index (χ1) is 7.39. The zero-order valence-corrected chi connectivity index (χ0v) is 9.47. The van der Waals surface area contributed by atoms with Gasteiger partial charge in [-0.05, 0) is 38.1 Å². The van der Waals surface area contributed by atoms with Crippen LogP contribution in [0.15, 0.2) is 24.3 Å². The molecule has 0 saturated heterocycles. The summed E-state index contributed by atoms with van der Waals surface area (Å²) < 4.78 is 4.59. The smallest absolute Gasteiger partial charge is 0.333 e. The average Bonchev–Trinajstić information content (AvgIpc) is 2.28. The predicted molar refractivity (Wildman–Crippen MR) is 58.5 cm³/mol. The van der Waals surface area contributed by atoms with Crippen molar-refractivity contribution >= 4 is 11.7 Å². The van der Waals surface area contributed by atoms with E-state index in [0.717, 1.165) is 5.06 Å². The van der Waals surface area contributed by atoms with E-state index in [2.05, 4.69) is 4.74 Å². The van der Waals surface area contributed by atoms with Crippen LogP contribution in [0.2, 0.25) is 0 Å². The van der Waals surface area contributed by atoms with E-state index in [4.69, 9.17) is 5.11 Å². The van der Waals surface area contributed by atoms with Crippen LogP contribution < -0.4 is 5.06 Å². The minimum Gasteiger partial charge on any atom is -0.508 e. The van der Waals surface area contributed by atoms with Gasteiger partial charge in [-0.2, -0.15) is 0 Å². The number of methoxy groups -OCH3 is 1. The van der Waals surface area contributed by atoms with Crippen LogP contribution in [0, 0.1) is 0 Å². The van der Waals surface area contributed by atoms with Crippen LogP contribution in [0.1, 0.15) is 13.8 Å². The summed E-state index contributed by atoms with van der Waals surface area (Å²) >= 11 is 0. The summed E-state index contributed by atoms with van der Waals surface area (Å²) in [5, 5.41) is 19.8. The molecule has 0 atom stereocenters. The topological polar surface area (TPSA) is 70.0 Å². The quantitative estimate of drug-likeness (QED) is 0.603. The van der Waals surface area contributed by atoms with Gasteiger partial charge in [-0.3, -0.25) is 5.21 Å². The second kappa shape index (κ2) is 4.40. The molecule has 88 valence electrons. The average molecular weight is 225 g/mol. The molecule has 0 fully saturated rings. The van der Waals surface area contributed by atoms with E-state index in [1.54, 1.807) is 0 Å². The molecule has 0 amide bonds. The van der Waals surface area contributed by atoms with Crippen molar-refractivity contribution in [3.8, 4) is 5.75 Å². The predicted octanol–water partition coefficient (Wildman–Crippen LogP) is 1.54. The normalized spacial score (nSPS) is 11.0. The lowest BCUT2D eigenvalue weighted by Gasteiger charge is -2.32. The second-order valence-electron chi connectivity index (χ2n) is 3.88. The van der Waals surface area contributed by atoms with Crippen molar-refractivity contribution in [3.63, 3.8) is 0 Å². The third-order valence-corrected chi connectivity index (χ3v) is 2.31. The number of phenols is 1. The molecule has 5 nitrogen and oxygen atoms in total. The third-order valence-electron chi connectivity index (χ3n) is 2.31. The van der Waals surface area contributed by atoms with E-state index in [9.17, 15) is 10.0 Å². The third kappa shape index (κ3) is 2.25. The van der Waals surface area contributed by atoms with E-state index in [0.29, 0.717) is 5.69 Å². The molecule has 0 aromatic heterocycles. The highest BCUT2D eigenvalue weighted by molar-refractivity contribution is 5.83. The number of nitrogens with zero attached hydrogens (tertiary/aromatic N) is 1. The molecule has 1 rings (SSSR count). The van der Waals surface area contributed by atoms with Gasteiger partial charge in [-0.1, -0.05) is 0 Å². The summed E-state index contributed by atoms with van der Waals surface area (Å²) in [4.78, 5) is 11.4. The lowest BCUT2D eigenvalue weighted by Crippen LogP contribution is -2.49. The fourth-order valence-corrected chi connectivity index (χ4v) is 1.25. The van der Waals surface area contributed by atoms with Gasteiger partial charge in [-0.15, -0.1) is 0 Å². The number of carbonyl (C=O) groups excluding carboxylic acids is 1. The van der Waals surface area contributed by atoms with Crippen LogP contribution in [0.4, 0.5) is 5.69 Å². The number of benzene rings is 1. The molecular formula is C11H15NO4. The summed E-state index contributed by atoms with van der Waals surface area (Å²) in [5.41, 5.74) is -0.792. The van der Waals surface area contributed by atoms with Gasteiger partial charge in [-0.25, -0.2) is 9.86 Å². The van der Waals surface area contributed by atoms with Crippen LogP contribution in [-0.2, 0) is 9.53 Å². The Balaban J connectivity index is 2.97. The number of hydrogen-bond donors (Lipinski definition) is 2. The number of aromatic hydroxyl groups is 1. The summed E-state index contributed by atoms with van der Waals surface area (Å²) in [6.07, 6.45) is 0. The Hall–Kier alpha value is -1.75. The molecule has 16 heavy (non-hydrogen) atoms. The van der Waals surface area contributed by atoms with E-state index in [1.807, 2.05) is 0 Å². The minimum absolute atomic E-state index is 0.0908. The Bertz CT molecular complexity index is 372. The molecule has 0 aliphatic carbocycles. The number of carbonyl (C=O) groups is 1. The highest BCUT2D eigenvalue weighted by Crippen LogP contribution is 2.24. The summed E-state index contributed by atoms with van der Waals surface area (Å²) in [6, 6.07) is 5.85. The Morgan fingerprint density at radius 3 is 2.25 bits per heavy atom. The lowest BCUT2D eigenvalue weighted by atomic mass is 10.0. The van der Waals surface area contributed by atoms with Gasteiger partial charge in [0.05, 0.1) is 12.8 Å². The first-order valence-electron chi connectivity index (χ1n) is 4.76. The van der Waals surface area contributed by atoms with Crippen molar-refractivity contribution in [2.45, 2.75) is 19.4 Å². The number of ether oxygens (including phenoxy) is 1. The zero-order chi connectivity index (χ0) is 12.3. The Morgan fingerprint density at radius 2 is 1.81 bits per heavy atom. The van der Waals surface area contributed by atoms with Gasteiger partial charge in [0.15, 0.2) is 5.54 Å². The maximum Gasteiger partial charge on any atom is 0.333 e. The fourth-order valence-electron chi connectivity index (χ4n) is 1.25. The van der Waals surface area contributed by atoms with Crippen LogP contribution >= 0.6 is 0 Å². The number of hydroxylamine groups is 1. The molecule has 0 aliphatic heterocycles. The highest BCUT2D eigenvalue weighted by atomic mass is 16.5. The van der Waals surface area contributed by atoms with E-state index in [1.165, 1.54) is 45.2 Å². The van der Waals surface area contributed by atoms with Gasteiger partial charge >= 0.3 is 5.97 Å². The SMILES string of the molecule is COC(=O)C(C)(C)N(O)c1ccc(O)cc1. The molecule has 2 N–H and O–H groups in total. The van der Waals surface area contributed by atoms with Crippen molar-refractivity contribution in [2.75, 3.05) is 12.2 Å². The number of esters is 1. The molecule has 0 saturated carbocycles. The first-order valence-corrected chi connectivity index (χ1v) is 4.76. The fraction of sp³-hybridized carbons (Fsp3) is 0.364. The van der Waals surface area contributed by atoms with Crippen LogP contribution in [0.5, 0.6) is 5.75 Å². The van der Waals surface area contributed by atoms with Gasteiger partial charge in [0.25, 0.3) is 0 Å². The molecule has 1 aromatic carbocycles. The highest BCUT2D eigenvalue weighted by Gasteiger charge is 2.35. The standard InChI is InChI=1S/C11H15NO4/c1-11(2,10(14)16-3)12(15)8-4-6-9(13)7-5-8/h4-7,13,15H,1-3H3. The molecule has 5 heteroatoms. The number of hydrogen-bond acceptors (Lipinski definition) is 5. The summed E-state index contributed by atoms with van der Waals surface area (Å²) in [5.74, 6) is -0.462. The van der Waals surface area contributed by atoms with Crippen molar-refractivity contribution in [1.82, 2.24) is 0 Å². The minimum atomic E-state index is -1.19. The number of anilines is 1. The molecule has 0 radical (unpaired) electrons. The van der Waals surface area contributed by atoms with Crippen molar-refractivity contribution in [1.29, 1.82) is 0 Å². The monoisotopic (exact) mass is 225 g/mol. The molecule has 0 heterocycles. The van der Waals surface area contributed by atoms with Gasteiger partial charge < -0.3 is 9.84 Å². The van der Waals surface area contributed by atoms with E-state index in [-0.39, 0.29) is 5.75 Å². The van der Waals surface area contributed by atoms with Crippen molar-refractivity contribution in [2.24, 2.45) is 0 Å². The molecule has 0 spiro atoms. The largest absolute Gasteiger partial charge is 0.508 e. The summed E-state index contributed by atoms with van der Waals surface area (Å²) in [6.45, 7) is 3.07. The first kappa shape index (κ1) is 12.3. The van der Waals surface area contributed by atoms with Crippen molar-refractivity contribution in [3.05, 3.63) is 24.3 Å². The van der Waals surface area contributed by atoms with Gasteiger partial charge in [0, 0.05) is 0 Å². The lowest BCUT2D eigenvalue weighted by molar-refractivity contribution is -0.148. The maximum atomic E-state index is 11.4. The molecular weight excluding hydrogens is 210 g/mol. The summed E-state index contributed by atoms with van der Waals surface area (Å²) in [7, 11) is 1.26.